The SMILES string of the molecule is COC(=O)C1C(C)=NC(C)=C(C(=O)N[C@H](C(=O)OC(C)(C)C)C(C)C)C1c1cccc(OC)c1. The summed E-state index contributed by atoms with van der Waals surface area (Å²) in [7, 11) is 2.85. The highest BCUT2D eigenvalue weighted by Gasteiger charge is 2.42. The molecule has 0 fully saturated rings. The minimum absolute atomic E-state index is 0.222. The zero-order chi connectivity index (χ0) is 25.8. The third-order valence-electron chi connectivity index (χ3n) is 5.59. The second-order valence-corrected chi connectivity index (χ2v) is 9.74. The van der Waals surface area contributed by atoms with E-state index in [4.69, 9.17) is 14.2 Å². The Kier molecular flexibility index (Phi) is 8.64. The molecule has 0 aliphatic carbocycles. The van der Waals surface area contributed by atoms with E-state index < -0.39 is 41.3 Å². The molecule has 1 aliphatic heterocycles. The van der Waals surface area contributed by atoms with E-state index >= 15 is 0 Å². The van der Waals surface area contributed by atoms with Crippen molar-refractivity contribution in [3.63, 3.8) is 0 Å². The van der Waals surface area contributed by atoms with Crippen molar-refractivity contribution in [2.45, 2.75) is 66.0 Å². The van der Waals surface area contributed by atoms with Crippen LogP contribution in [0.4, 0.5) is 0 Å². The van der Waals surface area contributed by atoms with Crippen molar-refractivity contribution in [3.05, 3.63) is 41.1 Å². The van der Waals surface area contributed by atoms with E-state index in [1.165, 1.54) is 7.11 Å². The highest BCUT2D eigenvalue weighted by atomic mass is 16.6. The zero-order valence-electron chi connectivity index (χ0n) is 21.5. The van der Waals surface area contributed by atoms with E-state index in [9.17, 15) is 14.4 Å². The van der Waals surface area contributed by atoms with Crippen molar-refractivity contribution < 1.29 is 28.6 Å². The van der Waals surface area contributed by atoms with Crippen molar-refractivity contribution in [1.29, 1.82) is 0 Å². The van der Waals surface area contributed by atoms with Gasteiger partial charge in [0.1, 0.15) is 23.3 Å². The van der Waals surface area contributed by atoms with Crippen LogP contribution in [0, 0.1) is 11.8 Å². The summed E-state index contributed by atoms with van der Waals surface area (Å²) in [4.78, 5) is 43.8. The van der Waals surface area contributed by atoms with E-state index in [2.05, 4.69) is 10.3 Å². The van der Waals surface area contributed by atoms with Gasteiger partial charge in [-0.15, -0.1) is 0 Å². The van der Waals surface area contributed by atoms with Crippen molar-refractivity contribution in [2.24, 2.45) is 16.8 Å². The van der Waals surface area contributed by atoms with Crippen LogP contribution in [0.25, 0.3) is 0 Å². The molecule has 186 valence electrons. The summed E-state index contributed by atoms with van der Waals surface area (Å²) >= 11 is 0. The molecular formula is C26H36N2O6. The lowest BCUT2D eigenvalue weighted by Crippen LogP contribution is -2.49. The maximum atomic E-state index is 13.7. The fraction of sp³-hybridized carbons (Fsp3) is 0.538. The Bertz CT molecular complexity index is 1000. The van der Waals surface area contributed by atoms with E-state index in [1.807, 2.05) is 19.9 Å². The average Bonchev–Trinajstić information content (AvgIpc) is 2.74. The Morgan fingerprint density at radius 2 is 1.74 bits per heavy atom. The van der Waals surface area contributed by atoms with Crippen LogP contribution in [0.2, 0.25) is 0 Å². The molecule has 8 nitrogen and oxygen atoms in total. The van der Waals surface area contributed by atoms with Gasteiger partial charge in [-0.25, -0.2) is 4.79 Å². The molecule has 1 aliphatic rings. The molecular weight excluding hydrogens is 436 g/mol. The average molecular weight is 473 g/mol. The Morgan fingerprint density at radius 3 is 2.26 bits per heavy atom. The number of nitrogens with zero attached hydrogens (tertiary/aromatic N) is 1. The summed E-state index contributed by atoms with van der Waals surface area (Å²) in [5.41, 5.74) is 1.31. The first-order valence-electron chi connectivity index (χ1n) is 11.3. The number of hydrogen-bond donors (Lipinski definition) is 1. The van der Waals surface area contributed by atoms with Gasteiger partial charge in [-0.2, -0.15) is 0 Å². The molecule has 34 heavy (non-hydrogen) atoms. The van der Waals surface area contributed by atoms with Crippen LogP contribution in [0.1, 0.15) is 59.9 Å². The predicted octanol–water partition coefficient (Wildman–Crippen LogP) is 3.80. The molecule has 0 bridgehead atoms. The number of amides is 1. The van der Waals surface area contributed by atoms with Gasteiger partial charge in [0.15, 0.2) is 0 Å². The molecule has 1 aromatic carbocycles. The number of hydrogen-bond acceptors (Lipinski definition) is 7. The Hall–Kier alpha value is -3.16. The van der Waals surface area contributed by atoms with Gasteiger partial charge >= 0.3 is 11.9 Å². The number of ether oxygens (including phenoxy) is 3. The number of benzene rings is 1. The zero-order valence-corrected chi connectivity index (χ0v) is 21.5. The number of carbonyl (C=O) groups excluding carboxylic acids is 3. The summed E-state index contributed by atoms with van der Waals surface area (Å²) < 4.78 is 16.0. The molecule has 3 atom stereocenters. The van der Waals surface area contributed by atoms with E-state index in [-0.39, 0.29) is 5.92 Å². The second-order valence-electron chi connectivity index (χ2n) is 9.74. The summed E-state index contributed by atoms with van der Waals surface area (Å²) in [6.07, 6.45) is 0. The molecule has 2 unspecified atom stereocenters. The van der Waals surface area contributed by atoms with Gasteiger partial charge in [0, 0.05) is 22.9 Å². The van der Waals surface area contributed by atoms with Gasteiger partial charge in [0.05, 0.1) is 14.2 Å². The van der Waals surface area contributed by atoms with Crippen LogP contribution in [0.5, 0.6) is 5.75 Å². The van der Waals surface area contributed by atoms with Gasteiger partial charge in [-0.3, -0.25) is 14.6 Å². The number of methoxy groups -OCH3 is 2. The minimum Gasteiger partial charge on any atom is -0.497 e. The fourth-order valence-electron chi connectivity index (χ4n) is 4.04. The Balaban J connectivity index is 2.57. The molecule has 0 spiro atoms. The molecule has 1 aromatic rings. The topological polar surface area (TPSA) is 103 Å². The lowest BCUT2D eigenvalue weighted by molar-refractivity contribution is -0.159. The smallest absolute Gasteiger partial charge is 0.329 e. The summed E-state index contributed by atoms with van der Waals surface area (Å²) in [5.74, 6) is -2.62. The molecule has 0 saturated carbocycles. The number of nitrogens with one attached hydrogen (secondary N) is 1. The Labute approximate surface area is 201 Å². The van der Waals surface area contributed by atoms with Crippen molar-refractivity contribution in [1.82, 2.24) is 5.32 Å². The molecule has 2 rings (SSSR count). The second kappa shape index (κ2) is 10.8. The maximum Gasteiger partial charge on any atom is 0.329 e. The quantitative estimate of drug-likeness (QED) is 0.606. The van der Waals surface area contributed by atoms with Gasteiger partial charge in [-0.1, -0.05) is 26.0 Å². The molecule has 0 radical (unpaired) electrons. The fourth-order valence-corrected chi connectivity index (χ4v) is 4.04. The molecule has 1 N–H and O–H groups in total. The van der Waals surface area contributed by atoms with E-state index in [0.29, 0.717) is 28.3 Å². The highest BCUT2D eigenvalue weighted by Crippen LogP contribution is 2.40. The van der Waals surface area contributed by atoms with Gasteiger partial charge in [-0.05, 0) is 58.2 Å². The van der Waals surface area contributed by atoms with Crippen LogP contribution in [-0.4, -0.2) is 49.4 Å². The van der Waals surface area contributed by atoms with Crippen LogP contribution in [0.3, 0.4) is 0 Å². The van der Waals surface area contributed by atoms with E-state index in [0.717, 1.165) is 0 Å². The number of esters is 2. The normalized spacial score (nSPS) is 19.3. The lowest BCUT2D eigenvalue weighted by Gasteiger charge is -2.33. The van der Waals surface area contributed by atoms with Crippen molar-refractivity contribution in [2.75, 3.05) is 14.2 Å². The molecule has 0 saturated heterocycles. The summed E-state index contributed by atoms with van der Waals surface area (Å²) in [5, 5.41) is 2.84. The van der Waals surface area contributed by atoms with E-state index in [1.54, 1.807) is 59.9 Å². The molecule has 0 aromatic heterocycles. The standard InChI is InChI=1S/C26H36N2O6/c1-14(2)22(25(31)34-26(5,6)7)28-23(29)19-15(3)27-16(4)20(24(30)33-9)21(19)17-11-10-12-18(13-17)32-8/h10-14,20-22H,1-9H3,(H,28,29)/t20?,21?,22-/m0/s1. The van der Waals surface area contributed by atoms with Crippen LogP contribution in [0.15, 0.2) is 40.5 Å². The van der Waals surface area contributed by atoms with Crippen LogP contribution in [-0.2, 0) is 23.9 Å². The number of allylic oxidation sites excluding steroid dienone is 1. The molecule has 8 heteroatoms. The lowest BCUT2D eigenvalue weighted by atomic mass is 9.75. The minimum atomic E-state index is -0.874. The predicted molar refractivity (Wildman–Crippen MR) is 130 cm³/mol. The molecule has 1 amide bonds. The monoisotopic (exact) mass is 472 g/mol. The molecule has 1 heterocycles. The highest BCUT2D eigenvalue weighted by molar-refractivity contribution is 6.08. The first-order valence-corrected chi connectivity index (χ1v) is 11.3. The third kappa shape index (κ3) is 6.24. The Morgan fingerprint density at radius 1 is 1.09 bits per heavy atom. The third-order valence-corrected chi connectivity index (χ3v) is 5.59. The van der Waals surface area contributed by atoms with Crippen LogP contribution < -0.4 is 10.1 Å². The van der Waals surface area contributed by atoms with Gasteiger partial charge in [0.2, 0.25) is 5.91 Å². The summed E-state index contributed by atoms with van der Waals surface area (Å²) in [6, 6.07) is 6.32. The number of rotatable bonds is 7. The van der Waals surface area contributed by atoms with Crippen LogP contribution >= 0.6 is 0 Å². The number of aliphatic imine (C=N–C) groups is 1. The first-order chi connectivity index (χ1) is 15.8. The maximum absolute atomic E-state index is 13.7. The van der Waals surface area contributed by atoms with Crippen molar-refractivity contribution in [3.8, 4) is 5.75 Å². The van der Waals surface area contributed by atoms with Gasteiger partial charge in [0.25, 0.3) is 0 Å². The largest absolute Gasteiger partial charge is 0.497 e. The van der Waals surface area contributed by atoms with Crippen molar-refractivity contribution >= 4 is 23.6 Å². The van der Waals surface area contributed by atoms with Gasteiger partial charge < -0.3 is 19.5 Å². The number of carbonyl (C=O) groups is 3. The first kappa shape index (κ1) is 27.1. The summed E-state index contributed by atoms with van der Waals surface area (Å²) in [6.45, 7) is 12.4.